The lowest BCUT2D eigenvalue weighted by molar-refractivity contribution is -0.150. The molecule has 0 saturated heterocycles. The smallest absolute Gasteiger partial charge is 0.323 e. The van der Waals surface area contributed by atoms with E-state index in [1.54, 1.807) is 0 Å². The largest absolute Gasteiger partial charge is 0.491 e. The van der Waals surface area contributed by atoms with Crippen LogP contribution in [0.15, 0.2) is 24.3 Å². The molecule has 0 aliphatic rings. The second-order valence-corrected chi connectivity index (χ2v) is 6.37. The van der Waals surface area contributed by atoms with Gasteiger partial charge in [-0.2, -0.15) is 0 Å². The zero-order chi connectivity index (χ0) is 16.7. The quantitative estimate of drug-likeness (QED) is 0.748. The van der Waals surface area contributed by atoms with Crippen molar-refractivity contribution in [2.45, 2.75) is 72.3 Å². The summed E-state index contributed by atoms with van der Waals surface area (Å²) in [4.78, 5) is 12.2. The molecule has 0 saturated carbocycles. The summed E-state index contributed by atoms with van der Waals surface area (Å²) >= 11 is 0. The Morgan fingerprint density at radius 1 is 1.00 bits per heavy atom. The van der Waals surface area contributed by atoms with E-state index in [0.29, 0.717) is 6.42 Å². The summed E-state index contributed by atoms with van der Waals surface area (Å²) in [6.07, 6.45) is 0.652. The van der Waals surface area contributed by atoms with Crippen molar-refractivity contribution in [3.63, 3.8) is 0 Å². The van der Waals surface area contributed by atoms with E-state index in [-0.39, 0.29) is 30.3 Å². The molecular formula is C18H29NO3. The van der Waals surface area contributed by atoms with Crippen LogP contribution in [0.25, 0.3) is 0 Å². The molecule has 124 valence electrons. The average Bonchev–Trinajstić information content (AvgIpc) is 2.38. The number of benzene rings is 1. The van der Waals surface area contributed by atoms with E-state index < -0.39 is 0 Å². The second-order valence-electron chi connectivity index (χ2n) is 6.37. The third-order valence-corrected chi connectivity index (χ3v) is 2.91. The SMILES string of the molecule is CC(C)NC(Cc1ccc(OC(C)C)cc1)C(=O)OC(C)C. The van der Waals surface area contributed by atoms with Gasteiger partial charge in [0.15, 0.2) is 0 Å². The number of rotatable bonds is 8. The predicted molar refractivity (Wildman–Crippen MR) is 89.2 cm³/mol. The molecule has 0 heterocycles. The van der Waals surface area contributed by atoms with Gasteiger partial charge in [-0.15, -0.1) is 0 Å². The summed E-state index contributed by atoms with van der Waals surface area (Å²) < 4.78 is 11.0. The highest BCUT2D eigenvalue weighted by Gasteiger charge is 2.22. The molecule has 0 radical (unpaired) electrons. The van der Waals surface area contributed by atoms with Gasteiger partial charge in [0.25, 0.3) is 0 Å². The van der Waals surface area contributed by atoms with Crippen molar-refractivity contribution >= 4 is 5.97 Å². The molecule has 1 N–H and O–H groups in total. The van der Waals surface area contributed by atoms with Crippen molar-refractivity contribution < 1.29 is 14.3 Å². The minimum Gasteiger partial charge on any atom is -0.491 e. The van der Waals surface area contributed by atoms with Crippen LogP contribution in [0.3, 0.4) is 0 Å². The summed E-state index contributed by atoms with van der Waals surface area (Å²) in [6.45, 7) is 11.8. The first-order valence-corrected chi connectivity index (χ1v) is 8.00. The highest BCUT2D eigenvalue weighted by atomic mass is 16.5. The predicted octanol–water partition coefficient (Wildman–Crippen LogP) is 3.33. The lowest BCUT2D eigenvalue weighted by Gasteiger charge is -2.21. The van der Waals surface area contributed by atoms with E-state index in [1.165, 1.54) is 0 Å². The first kappa shape index (κ1) is 18.5. The number of ether oxygens (including phenoxy) is 2. The van der Waals surface area contributed by atoms with E-state index >= 15 is 0 Å². The zero-order valence-electron chi connectivity index (χ0n) is 14.6. The molecule has 1 rings (SSSR count). The number of carbonyl (C=O) groups excluding carboxylic acids is 1. The van der Waals surface area contributed by atoms with Crippen LogP contribution in [0.5, 0.6) is 5.75 Å². The maximum absolute atomic E-state index is 12.2. The first-order chi connectivity index (χ1) is 10.3. The van der Waals surface area contributed by atoms with Crippen LogP contribution in [-0.4, -0.2) is 30.3 Å². The number of hydrogen-bond acceptors (Lipinski definition) is 4. The Labute approximate surface area is 134 Å². The summed E-state index contributed by atoms with van der Waals surface area (Å²) in [5.74, 6) is 0.642. The number of hydrogen-bond donors (Lipinski definition) is 1. The fourth-order valence-corrected chi connectivity index (χ4v) is 2.14. The van der Waals surface area contributed by atoms with Crippen molar-refractivity contribution in [1.82, 2.24) is 5.32 Å². The van der Waals surface area contributed by atoms with Gasteiger partial charge >= 0.3 is 5.97 Å². The van der Waals surface area contributed by atoms with Gasteiger partial charge in [-0.1, -0.05) is 26.0 Å². The van der Waals surface area contributed by atoms with Crippen molar-refractivity contribution in [1.29, 1.82) is 0 Å². The van der Waals surface area contributed by atoms with Gasteiger partial charge in [0.2, 0.25) is 0 Å². The molecule has 0 fully saturated rings. The Bertz CT molecular complexity index is 452. The van der Waals surface area contributed by atoms with Gasteiger partial charge < -0.3 is 14.8 Å². The number of carbonyl (C=O) groups is 1. The Morgan fingerprint density at radius 3 is 2.05 bits per heavy atom. The highest BCUT2D eigenvalue weighted by Crippen LogP contribution is 2.15. The van der Waals surface area contributed by atoms with Gasteiger partial charge in [0, 0.05) is 6.04 Å². The van der Waals surface area contributed by atoms with Crippen LogP contribution in [-0.2, 0) is 16.0 Å². The van der Waals surface area contributed by atoms with Crippen LogP contribution < -0.4 is 10.1 Å². The van der Waals surface area contributed by atoms with Gasteiger partial charge in [0.1, 0.15) is 11.8 Å². The number of esters is 1. The normalized spacial score (nSPS) is 12.8. The monoisotopic (exact) mass is 307 g/mol. The standard InChI is InChI=1S/C18H29NO3/c1-12(2)19-17(18(20)22-14(5)6)11-15-7-9-16(10-8-15)21-13(3)4/h7-10,12-14,17,19H,11H2,1-6H3. The van der Waals surface area contributed by atoms with Crippen LogP contribution in [0.1, 0.15) is 47.1 Å². The molecule has 0 bridgehead atoms. The summed E-state index contributed by atoms with van der Waals surface area (Å²) in [5.41, 5.74) is 1.08. The Hall–Kier alpha value is -1.55. The molecule has 0 aliphatic heterocycles. The molecule has 0 amide bonds. The van der Waals surface area contributed by atoms with Crippen LogP contribution in [0.4, 0.5) is 0 Å². The van der Waals surface area contributed by atoms with Crippen molar-refractivity contribution in [3.05, 3.63) is 29.8 Å². The minimum atomic E-state index is -0.334. The van der Waals surface area contributed by atoms with E-state index in [2.05, 4.69) is 5.32 Å². The molecule has 0 aliphatic carbocycles. The molecular weight excluding hydrogens is 278 g/mol. The maximum Gasteiger partial charge on any atom is 0.323 e. The Balaban J connectivity index is 2.74. The molecule has 22 heavy (non-hydrogen) atoms. The van der Waals surface area contributed by atoms with Crippen molar-refractivity contribution in [3.8, 4) is 5.75 Å². The molecule has 1 aromatic rings. The van der Waals surface area contributed by atoms with Crippen LogP contribution in [0.2, 0.25) is 0 Å². The van der Waals surface area contributed by atoms with E-state index in [9.17, 15) is 4.79 Å². The van der Waals surface area contributed by atoms with E-state index in [1.807, 2.05) is 65.8 Å². The van der Waals surface area contributed by atoms with Gasteiger partial charge in [-0.25, -0.2) is 0 Å². The summed E-state index contributed by atoms with van der Waals surface area (Å²) in [7, 11) is 0. The lowest BCUT2D eigenvalue weighted by atomic mass is 10.0. The fourth-order valence-electron chi connectivity index (χ4n) is 2.14. The average molecular weight is 307 g/mol. The minimum absolute atomic E-state index is 0.106. The van der Waals surface area contributed by atoms with Crippen LogP contribution in [0, 0.1) is 0 Å². The van der Waals surface area contributed by atoms with Gasteiger partial charge in [0.05, 0.1) is 12.2 Å². The van der Waals surface area contributed by atoms with E-state index in [0.717, 1.165) is 11.3 Å². The number of nitrogens with one attached hydrogen (secondary N) is 1. The fraction of sp³-hybridized carbons (Fsp3) is 0.611. The molecule has 0 spiro atoms. The highest BCUT2D eigenvalue weighted by molar-refractivity contribution is 5.76. The van der Waals surface area contributed by atoms with Crippen molar-refractivity contribution in [2.24, 2.45) is 0 Å². The third-order valence-electron chi connectivity index (χ3n) is 2.91. The molecule has 4 heteroatoms. The first-order valence-electron chi connectivity index (χ1n) is 8.00. The third kappa shape index (κ3) is 6.94. The van der Waals surface area contributed by atoms with Crippen LogP contribution >= 0.6 is 0 Å². The summed E-state index contributed by atoms with van der Waals surface area (Å²) in [5, 5.41) is 3.27. The summed E-state index contributed by atoms with van der Waals surface area (Å²) in [6, 6.07) is 7.75. The topological polar surface area (TPSA) is 47.6 Å². The van der Waals surface area contributed by atoms with Gasteiger partial charge in [-0.3, -0.25) is 4.79 Å². The Kier molecular flexibility index (Phi) is 7.39. The van der Waals surface area contributed by atoms with Gasteiger partial charge in [-0.05, 0) is 51.8 Å². The molecule has 1 unspecified atom stereocenters. The van der Waals surface area contributed by atoms with E-state index in [4.69, 9.17) is 9.47 Å². The molecule has 0 aromatic heterocycles. The molecule has 1 atom stereocenters. The molecule has 4 nitrogen and oxygen atoms in total. The zero-order valence-corrected chi connectivity index (χ0v) is 14.6. The maximum atomic E-state index is 12.2. The Morgan fingerprint density at radius 2 is 1.59 bits per heavy atom. The molecule has 1 aromatic carbocycles. The lowest BCUT2D eigenvalue weighted by Crippen LogP contribution is -2.44. The van der Waals surface area contributed by atoms with Crippen molar-refractivity contribution in [2.75, 3.05) is 0 Å². The second kappa shape index (κ2) is 8.79.